The van der Waals surface area contributed by atoms with Gasteiger partial charge in [0.15, 0.2) is 17.2 Å². The van der Waals surface area contributed by atoms with Crippen LogP contribution in [0.15, 0.2) is 42.0 Å². The Morgan fingerprint density at radius 2 is 1.75 bits per heavy atom. The molecule has 234 valence electrons. The monoisotopic (exact) mass is 606 g/mol. The number of hydrogen-bond acceptors (Lipinski definition) is 11. The molecule has 0 N–H and O–H groups in total. The highest BCUT2D eigenvalue weighted by atomic mass is 16.6. The van der Waals surface area contributed by atoms with Gasteiger partial charge >= 0.3 is 11.9 Å². The molecule has 1 saturated carbocycles. The predicted molar refractivity (Wildman–Crippen MR) is 158 cm³/mol. The maximum atomic E-state index is 14.4. The van der Waals surface area contributed by atoms with Gasteiger partial charge in [0.1, 0.15) is 24.0 Å². The third-order valence-corrected chi connectivity index (χ3v) is 10.8. The number of carbonyl (C=O) groups is 2. The topological polar surface area (TPSA) is 105 Å². The van der Waals surface area contributed by atoms with E-state index in [0.717, 1.165) is 22.6 Å². The van der Waals surface area contributed by atoms with Gasteiger partial charge in [-0.05, 0) is 49.2 Å². The minimum Gasteiger partial charge on any atom is -0.497 e. The van der Waals surface area contributed by atoms with Crippen molar-refractivity contribution >= 4 is 17.6 Å². The van der Waals surface area contributed by atoms with E-state index >= 15 is 0 Å². The van der Waals surface area contributed by atoms with Crippen LogP contribution in [0.3, 0.4) is 0 Å². The molecule has 6 fully saturated rings. The van der Waals surface area contributed by atoms with Crippen LogP contribution in [-0.4, -0.2) is 90.6 Å². The molecule has 44 heavy (non-hydrogen) atoms. The summed E-state index contributed by atoms with van der Waals surface area (Å²) in [4.78, 5) is 32.8. The van der Waals surface area contributed by atoms with Crippen molar-refractivity contribution in [3.8, 4) is 23.0 Å². The number of fused-ring (bicyclic) bond motifs is 2. The Kier molecular flexibility index (Phi) is 6.56. The second kappa shape index (κ2) is 10.0. The molecule has 5 saturated heterocycles. The molecule has 2 aromatic rings. The van der Waals surface area contributed by atoms with Crippen LogP contribution in [0, 0.1) is 17.3 Å². The van der Waals surface area contributed by atoms with Gasteiger partial charge in [0, 0.05) is 37.0 Å². The van der Waals surface area contributed by atoms with E-state index in [1.165, 1.54) is 28.4 Å². The first-order valence-electron chi connectivity index (χ1n) is 14.8. The number of esters is 2. The minimum atomic E-state index is -1.21. The van der Waals surface area contributed by atoms with Crippen molar-refractivity contribution in [2.24, 2.45) is 17.3 Å². The van der Waals surface area contributed by atoms with Crippen molar-refractivity contribution in [1.29, 1.82) is 0 Å². The SMILES string of the molecule is CC=C1CN2C3OC45C(c6cc(OC)ccc6N4C)C3C(COC(=O)c3cc(OC)c(OC)c(OC)c3)(C(=O)OC)C1CC25. The van der Waals surface area contributed by atoms with Gasteiger partial charge in [-0.15, -0.1) is 0 Å². The van der Waals surface area contributed by atoms with Gasteiger partial charge in [0.05, 0.1) is 47.2 Å². The standard InChI is InChI=1S/C33H38N2O9/c1-8-17-15-35-25-14-21(17)32(31(37)42-7,16-43-30(36)18-11-23(39-4)28(41-6)24(12-18)40-5)27-26-20-13-19(38-3)9-10-22(20)34(2)33(25,26)44-29(27)35/h8-13,21,25-27,29H,14-16H2,1-7H3. The Labute approximate surface area is 256 Å². The lowest BCUT2D eigenvalue weighted by molar-refractivity contribution is -0.167. The van der Waals surface area contributed by atoms with E-state index in [2.05, 4.69) is 35.1 Å². The summed E-state index contributed by atoms with van der Waals surface area (Å²) in [6, 6.07) is 9.19. The first-order valence-corrected chi connectivity index (χ1v) is 14.8. The van der Waals surface area contributed by atoms with Crippen molar-refractivity contribution in [2.45, 2.75) is 37.3 Å². The maximum absolute atomic E-state index is 14.4. The van der Waals surface area contributed by atoms with Gasteiger partial charge in [-0.1, -0.05) is 11.6 Å². The molecular weight excluding hydrogens is 568 g/mol. The lowest BCUT2D eigenvalue weighted by Gasteiger charge is -2.46. The molecule has 11 nitrogen and oxygen atoms in total. The first kappa shape index (κ1) is 28.8. The number of rotatable bonds is 8. The molecule has 1 aliphatic carbocycles. The average molecular weight is 607 g/mol. The molecular formula is C33H38N2O9. The van der Waals surface area contributed by atoms with Gasteiger partial charge in [0.2, 0.25) is 5.75 Å². The van der Waals surface area contributed by atoms with Gasteiger partial charge < -0.3 is 38.1 Å². The lowest BCUT2D eigenvalue weighted by atomic mass is 9.61. The second-order valence-electron chi connectivity index (χ2n) is 12.1. The summed E-state index contributed by atoms with van der Waals surface area (Å²) >= 11 is 0. The van der Waals surface area contributed by atoms with Crippen LogP contribution in [0.5, 0.6) is 23.0 Å². The summed E-state index contributed by atoms with van der Waals surface area (Å²) in [6.45, 7) is 2.49. The summed E-state index contributed by atoms with van der Waals surface area (Å²) in [5.74, 6) is -0.0123. The Balaban J connectivity index is 1.36. The summed E-state index contributed by atoms with van der Waals surface area (Å²) in [5.41, 5.74) is 1.57. The summed E-state index contributed by atoms with van der Waals surface area (Å²) in [5, 5.41) is 0. The summed E-state index contributed by atoms with van der Waals surface area (Å²) in [6.07, 6.45) is 2.38. The van der Waals surface area contributed by atoms with Crippen molar-refractivity contribution < 1.29 is 42.7 Å². The fourth-order valence-electron chi connectivity index (χ4n) is 9.08. The molecule has 11 heteroatoms. The lowest BCUT2D eigenvalue weighted by Crippen LogP contribution is -2.60. The van der Waals surface area contributed by atoms with Crippen molar-refractivity contribution in [3.63, 3.8) is 0 Å². The fraction of sp³-hybridized carbons (Fsp3) is 0.515. The number of allylic oxidation sites excluding steroid dienone is 1. The zero-order valence-corrected chi connectivity index (χ0v) is 26.0. The molecule has 0 radical (unpaired) electrons. The van der Waals surface area contributed by atoms with Gasteiger partial charge in [0.25, 0.3) is 0 Å². The van der Waals surface area contributed by atoms with Crippen LogP contribution in [0.25, 0.3) is 0 Å². The largest absolute Gasteiger partial charge is 0.497 e. The van der Waals surface area contributed by atoms with Crippen LogP contribution in [0.2, 0.25) is 0 Å². The van der Waals surface area contributed by atoms with Crippen LogP contribution in [0.4, 0.5) is 5.69 Å². The Bertz CT molecular complexity index is 1550. The number of ether oxygens (including phenoxy) is 7. The average Bonchev–Trinajstić information content (AvgIpc) is 3.60. The highest BCUT2D eigenvalue weighted by molar-refractivity contribution is 5.92. The van der Waals surface area contributed by atoms with Crippen LogP contribution in [-0.2, 0) is 19.0 Å². The van der Waals surface area contributed by atoms with E-state index in [9.17, 15) is 9.59 Å². The molecule has 6 aliphatic heterocycles. The minimum absolute atomic E-state index is 0.0307. The fourth-order valence-corrected chi connectivity index (χ4v) is 9.08. The molecule has 6 heterocycles. The van der Waals surface area contributed by atoms with E-state index in [1.807, 2.05) is 13.0 Å². The summed E-state index contributed by atoms with van der Waals surface area (Å²) in [7, 11) is 9.60. The molecule has 1 spiro atoms. The van der Waals surface area contributed by atoms with E-state index < -0.39 is 23.1 Å². The Morgan fingerprint density at radius 1 is 1.02 bits per heavy atom. The molecule has 6 bridgehead atoms. The molecule has 0 aromatic heterocycles. The first-order chi connectivity index (χ1) is 21.2. The van der Waals surface area contributed by atoms with Crippen molar-refractivity contribution in [3.05, 3.63) is 53.1 Å². The van der Waals surface area contributed by atoms with Crippen molar-refractivity contribution in [1.82, 2.24) is 4.90 Å². The molecule has 9 rings (SSSR count). The number of piperidine rings is 2. The zero-order valence-electron chi connectivity index (χ0n) is 26.0. The van der Waals surface area contributed by atoms with Gasteiger partial charge in [-0.2, -0.15) is 0 Å². The number of carbonyl (C=O) groups excluding carboxylic acids is 2. The van der Waals surface area contributed by atoms with Gasteiger partial charge in [-0.3, -0.25) is 9.69 Å². The molecule has 2 aromatic carbocycles. The number of anilines is 1. The highest BCUT2D eigenvalue weighted by Crippen LogP contribution is 2.74. The van der Waals surface area contributed by atoms with Crippen LogP contribution < -0.4 is 23.8 Å². The number of methoxy groups -OCH3 is 5. The van der Waals surface area contributed by atoms with E-state index in [4.69, 9.17) is 33.2 Å². The smallest absolute Gasteiger partial charge is 0.338 e. The molecule has 8 atom stereocenters. The normalized spacial score (nSPS) is 34.4. The third kappa shape index (κ3) is 3.39. The van der Waals surface area contributed by atoms with Crippen LogP contribution in [0.1, 0.15) is 35.2 Å². The Hall–Kier alpha value is -3.96. The zero-order chi connectivity index (χ0) is 31.1. The maximum Gasteiger partial charge on any atom is 0.338 e. The Morgan fingerprint density at radius 3 is 2.36 bits per heavy atom. The number of hydrogen-bond donors (Lipinski definition) is 0. The number of nitrogens with zero attached hydrogens (tertiary/aromatic N) is 2. The number of benzene rings is 2. The second-order valence-corrected chi connectivity index (χ2v) is 12.1. The number of likely N-dealkylation sites (N-methyl/N-ethyl adjacent to an activating group) is 1. The highest BCUT2D eigenvalue weighted by Gasteiger charge is 2.82. The molecule has 0 amide bonds. The van der Waals surface area contributed by atoms with E-state index in [1.54, 1.807) is 19.2 Å². The quantitative estimate of drug-likeness (QED) is 0.325. The van der Waals surface area contributed by atoms with Crippen molar-refractivity contribution in [2.75, 3.05) is 60.6 Å². The van der Waals surface area contributed by atoms with E-state index in [-0.39, 0.29) is 42.2 Å². The van der Waals surface area contributed by atoms with Gasteiger partial charge in [-0.25, -0.2) is 4.79 Å². The molecule has 8 unspecified atom stereocenters. The summed E-state index contributed by atoms with van der Waals surface area (Å²) < 4.78 is 40.8. The molecule has 7 aliphatic rings. The third-order valence-electron chi connectivity index (χ3n) is 10.8. The van der Waals surface area contributed by atoms with E-state index in [0.29, 0.717) is 30.2 Å². The predicted octanol–water partition coefficient (Wildman–Crippen LogP) is 3.60. The van der Waals surface area contributed by atoms with Crippen LogP contribution >= 0.6 is 0 Å².